The number of amides is 1. The molecule has 25 heavy (non-hydrogen) atoms. The van der Waals surface area contributed by atoms with Gasteiger partial charge in [0.2, 0.25) is 5.91 Å². The molecule has 3 aromatic rings. The summed E-state index contributed by atoms with van der Waals surface area (Å²) in [5.41, 5.74) is 3.86. The van der Waals surface area contributed by atoms with Gasteiger partial charge in [0.25, 0.3) is 0 Å². The van der Waals surface area contributed by atoms with E-state index in [1.165, 1.54) is 0 Å². The van der Waals surface area contributed by atoms with Crippen LogP contribution >= 0.6 is 0 Å². The molecule has 0 saturated carbocycles. The number of hydrogen-bond donors (Lipinski definition) is 3. The van der Waals surface area contributed by atoms with Crippen molar-refractivity contribution >= 4 is 22.8 Å². The van der Waals surface area contributed by atoms with E-state index in [1.54, 1.807) is 11.2 Å². The van der Waals surface area contributed by atoms with Crippen LogP contribution in [-0.4, -0.2) is 43.4 Å². The van der Waals surface area contributed by atoms with E-state index in [-0.39, 0.29) is 24.8 Å². The number of imidazole rings is 1. The van der Waals surface area contributed by atoms with Crippen molar-refractivity contribution in [3.05, 3.63) is 53.7 Å². The first-order valence-corrected chi connectivity index (χ1v) is 8.24. The Morgan fingerprint density at radius 3 is 2.96 bits per heavy atom. The lowest BCUT2D eigenvalue weighted by atomic mass is 9.93. The lowest BCUT2D eigenvalue weighted by Gasteiger charge is -2.35. The van der Waals surface area contributed by atoms with E-state index < -0.39 is 5.97 Å². The third-order valence-electron chi connectivity index (χ3n) is 4.72. The van der Waals surface area contributed by atoms with E-state index in [9.17, 15) is 9.59 Å². The Morgan fingerprint density at radius 1 is 1.24 bits per heavy atom. The van der Waals surface area contributed by atoms with Crippen LogP contribution in [0, 0.1) is 0 Å². The smallest absolute Gasteiger partial charge is 0.303 e. The predicted molar refractivity (Wildman–Crippen MR) is 91.0 cm³/mol. The summed E-state index contributed by atoms with van der Waals surface area (Å²) in [4.78, 5) is 36.1. The first-order valence-electron chi connectivity index (χ1n) is 8.24. The number of carbonyl (C=O) groups is 2. The van der Waals surface area contributed by atoms with Crippen molar-refractivity contribution in [3.8, 4) is 0 Å². The number of fused-ring (bicyclic) bond motifs is 2. The van der Waals surface area contributed by atoms with E-state index in [0.29, 0.717) is 13.0 Å². The fraction of sp³-hybridized carbons (Fsp3) is 0.278. The molecule has 0 bridgehead atoms. The maximum Gasteiger partial charge on any atom is 0.303 e. The van der Waals surface area contributed by atoms with Crippen LogP contribution in [0.4, 0.5) is 0 Å². The number of carboxylic acid groups (broad SMARTS) is 1. The molecule has 3 heterocycles. The Hall–Kier alpha value is -3.09. The predicted octanol–water partition coefficient (Wildman–Crippen LogP) is 2.23. The van der Waals surface area contributed by atoms with Crippen molar-refractivity contribution in [2.24, 2.45) is 0 Å². The van der Waals surface area contributed by atoms with Crippen molar-refractivity contribution in [2.75, 3.05) is 6.54 Å². The fourth-order valence-electron chi connectivity index (χ4n) is 3.57. The van der Waals surface area contributed by atoms with Crippen molar-refractivity contribution in [1.82, 2.24) is 19.9 Å². The number of nitrogens with zero attached hydrogens (tertiary/aromatic N) is 2. The molecule has 1 amide bonds. The van der Waals surface area contributed by atoms with Crippen LogP contribution in [0.5, 0.6) is 0 Å². The molecule has 0 aliphatic carbocycles. The van der Waals surface area contributed by atoms with Gasteiger partial charge in [-0.2, -0.15) is 0 Å². The van der Waals surface area contributed by atoms with Crippen molar-refractivity contribution in [1.29, 1.82) is 0 Å². The van der Waals surface area contributed by atoms with E-state index >= 15 is 0 Å². The summed E-state index contributed by atoms with van der Waals surface area (Å²) in [6, 6.07) is 7.63. The van der Waals surface area contributed by atoms with Crippen LogP contribution in [0.1, 0.15) is 35.8 Å². The highest BCUT2D eigenvalue weighted by Gasteiger charge is 2.34. The number of hydrogen-bond acceptors (Lipinski definition) is 3. The normalized spacial score (nSPS) is 16.8. The highest BCUT2D eigenvalue weighted by molar-refractivity contribution is 5.86. The zero-order chi connectivity index (χ0) is 17.4. The molecule has 1 atom stereocenters. The minimum Gasteiger partial charge on any atom is -0.481 e. The maximum atomic E-state index is 12.7. The molecule has 0 saturated heterocycles. The molecular formula is C18H18N4O3. The molecule has 0 unspecified atom stereocenters. The Kier molecular flexibility index (Phi) is 3.76. The number of nitrogens with one attached hydrogen (secondary N) is 2. The van der Waals surface area contributed by atoms with Crippen LogP contribution in [0.25, 0.3) is 10.9 Å². The number of aromatic nitrogens is 3. The average Bonchev–Trinajstić information content (AvgIpc) is 3.27. The van der Waals surface area contributed by atoms with E-state index in [1.807, 2.05) is 30.5 Å². The lowest BCUT2D eigenvalue weighted by Crippen LogP contribution is -2.41. The Morgan fingerprint density at radius 2 is 2.12 bits per heavy atom. The second-order valence-electron chi connectivity index (χ2n) is 6.19. The Bertz CT molecular complexity index is 943. The number of carbonyl (C=O) groups excluding carboxylic acids is 1. The monoisotopic (exact) mass is 338 g/mol. The van der Waals surface area contributed by atoms with Gasteiger partial charge in [0, 0.05) is 42.2 Å². The standard InChI is InChI=1S/C18H18N4O3/c23-15(4-5-16(24)25)22-9-7-14-17(21-10-20-14)18(22)12-2-1-3-13-11(12)6-8-19-13/h1-3,6,8,10,18-19H,4-5,7,9H2,(H,20,21)(H,24,25)/t18-/m1/s1. The fourth-order valence-corrected chi connectivity index (χ4v) is 3.57. The van der Waals surface area contributed by atoms with Gasteiger partial charge in [0.1, 0.15) is 6.04 Å². The van der Waals surface area contributed by atoms with Crippen LogP contribution in [0.3, 0.4) is 0 Å². The number of rotatable bonds is 4. The number of aliphatic carboxylic acids is 1. The van der Waals surface area contributed by atoms with Gasteiger partial charge in [-0.25, -0.2) is 4.98 Å². The molecule has 0 radical (unpaired) electrons. The molecule has 7 nitrogen and oxygen atoms in total. The zero-order valence-electron chi connectivity index (χ0n) is 13.5. The van der Waals surface area contributed by atoms with Gasteiger partial charge in [0.05, 0.1) is 18.4 Å². The molecule has 128 valence electrons. The van der Waals surface area contributed by atoms with Crippen LogP contribution < -0.4 is 0 Å². The van der Waals surface area contributed by atoms with Crippen LogP contribution in [-0.2, 0) is 16.0 Å². The zero-order valence-corrected chi connectivity index (χ0v) is 13.5. The van der Waals surface area contributed by atoms with E-state index in [2.05, 4.69) is 15.0 Å². The topological polar surface area (TPSA) is 102 Å². The second-order valence-corrected chi connectivity index (χ2v) is 6.19. The van der Waals surface area contributed by atoms with Crippen molar-refractivity contribution in [2.45, 2.75) is 25.3 Å². The molecule has 1 aliphatic heterocycles. The molecule has 0 fully saturated rings. The molecule has 3 N–H and O–H groups in total. The van der Waals surface area contributed by atoms with E-state index in [0.717, 1.165) is 27.9 Å². The molecule has 4 rings (SSSR count). The number of benzene rings is 1. The SMILES string of the molecule is O=C(O)CCC(=O)N1CCc2[nH]cnc2[C@H]1c1cccc2[nH]ccc12. The minimum atomic E-state index is -0.963. The quantitative estimate of drug-likeness (QED) is 0.679. The van der Waals surface area contributed by atoms with Gasteiger partial charge >= 0.3 is 5.97 Å². The molecule has 2 aromatic heterocycles. The third kappa shape index (κ3) is 2.67. The van der Waals surface area contributed by atoms with Gasteiger partial charge in [-0.3, -0.25) is 9.59 Å². The van der Waals surface area contributed by atoms with Crippen molar-refractivity contribution in [3.63, 3.8) is 0 Å². The average molecular weight is 338 g/mol. The molecule has 1 aromatic carbocycles. The summed E-state index contributed by atoms with van der Waals surface area (Å²) in [7, 11) is 0. The van der Waals surface area contributed by atoms with Crippen LogP contribution in [0.2, 0.25) is 0 Å². The van der Waals surface area contributed by atoms with Gasteiger partial charge in [-0.1, -0.05) is 12.1 Å². The highest BCUT2D eigenvalue weighted by Crippen LogP contribution is 2.37. The summed E-state index contributed by atoms with van der Waals surface area (Å²) in [6.45, 7) is 0.541. The maximum absolute atomic E-state index is 12.7. The van der Waals surface area contributed by atoms with E-state index in [4.69, 9.17) is 5.11 Å². The molecule has 1 aliphatic rings. The first-order chi connectivity index (χ1) is 12.1. The summed E-state index contributed by atoms with van der Waals surface area (Å²) < 4.78 is 0. The van der Waals surface area contributed by atoms with Gasteiger partial charge in [-0.05, 0) is 17.7 Å². The summed E-state index contributed by atoms with van der Waals surface area (Å²) in [5.74, 6) is -1.12. The molecule has 7 heteroatoms. The first kappa shape index (κ1) is 15.4. The summed E-state index contributed by atoms with van der Waals surface area (Å²) >= 11 is 0. The molecular weight excluding hydrogens is 320 g/mol. The number of H-pyrrole nitrogens is 2. The van der Waals surface area contributed by atoms with Crippen LogP contribution in [0.15, 0.2) is 36.8 Å². The second kappa shape index (κ2) is 6.08. The third-order valence-corrected chi connectivity index (χ3v) is 4.72. The highest BCUT2D eigenvalue weighted by atomic mass is 16.4. The van der Waals surface area contributed by atoms with Crippen molar-refractivity contribution < 1.29 is 14.7 Å². The minimum absolute atomic E-state index is 0.00526. The summed E-state index contributed by atoms with van der Waals surface area (Å²) in [6.07, 6.45) is 4.05. The van der Waals surface area contributed by atoms with Gasteiger partial charge in [-0.15, -0.1) is 0 Å². The molecule has 0 spiro atoms. The Labute approximate surface area is 143 Å². The number of carboxylic acids is 1. The van der Waals surface area contributed by atoms with Gasteiger partial charge in [0.15, 0.2) is 0 Å². The number of aromatic amines is 2. The lowest BCUT2D eigenvalue weighted by molar-refractivity contribution is -0.141. The summed E-state index contributed by atoms with van der Waals surface area (Å²) in [5, 5.41) is 9.93. The van der Waals surface area contributed by atoms with Gasteiger partial charge < -0.3 is 20.0 Å². The Balaban J connectivity index is 1.78. The largest absolute Gasteiger partial charge is 0.481 e.